The first kappa shape index (κ1) is 7.86. The van der Waals surface area contributed by atoms with E-state index >= 15 is 0 Å². The van der Waals surface area contributed by atoms with E-state index < -0.39 is 0 Å². The zero-order chi connectivity index (χ0) is 9.26. The third kappa shape index (κ3) is 1.18. The first-order valence-electron chi connectivity index (χ1n) is 4.10. The molecule has 2 rings (SSSR count). The van der Waals surface area contributed by atoms with Gasteiger partial charge in [0.25, 0.3) is 0 Å². The monoisotopic (exact) mass is 173 g/mol. The fourth-order valence-corrected chi connectivity index (χ4v) is 1.51. The summed E-state index contributed by atoms with van der Waals surface area (Å²) in [6.07, 6.45) is 1.65. The summed E-state index contributed by atoms with van der Waals surface area (Å²) in [5.41, 5.74) is 2.21. The predicted molar refractivity (Wildman–Crippen MR) is 54.7 cm³/mol. The van der Waals surface area contributed by atoms with Crippen LogP contribution in [0, 0.1) is 0 Å². The highest BCUT2D eigenvalue weighted by Crippen LogP contribution is 2.16. The highest BCUT2D eigenvalue weighted by Gasteiger charge is 2.01. The van der Waals surface area contributed by atoms with Crippen LogP contribution in [0.5, 0.6) is 0 Å². The smallest absolute Gasteiger partial charge is 0.0702 e. The van der Waals surface area contributed by atoms with E-state index in [1.54, 1.807) is 6.21 Å². The number of hydrazone groups is 1. The highest BCUT2D eigenvalue weighted by molar-refractivity contribution is 5.90. The molecule has 3 nitrogen and oxygen atoms in total. The van der Waals surface area contributed by atoms with E-state index in [4.69, 9.17) is 5.84 Å². The second kappa shape index (κ2) is 2.94. The van der Waals surface area contributed by atoms with Gasteiger partial charge in [0.15, 0.2) is 0 Å². The van der Waals surface area contributed by atoms with E-state index in [1.165, 1.54) is 10.9 Å². The van der Waals surface area contributed by atoms with Crippen molar-refractivity contribution in [1.29, 1.82) is 0 Å². The molecule has 1 heterocycles. The summed E-state index contributed by atoms with van der Waals surface area (Å²) in [4.78, 5) is 0. The average Bonchev–Trinajstić information content (AvgIpc) is 2.46. The maximum atomic E-state index is 5.11. The second-order valence-corrected chi connectivity index (χ2v) is 2.97. The normalized spacial score (nSPS) is 11.5. The Morgan fingerprint density at radius 2 is 2.15 bits per heavy atom. The molecule has 1 aromatic heterocycles. The Morgan fingerprint density at radius 1 is 1.38 bits per heavy atom. The van der Waals surface area contributed by atoms with Crippen LogP contribution in [0.4, 0.5) is 0 Å². The molecule has 0 aliphatic carbocycles. The zero-order valence-electron chi connectivity index (χ0n) is 7.44. The molecular weight excluding hydrogens is 162 g/mol. The molecule has 0 aliphatic heterocycles. The third-order valence-electron chi connectivity index (χ3n) is 2.20. The van der Waals surface area contributed by atoms with Crippen LogP contribution in [0.25, 0.3) is 10.9 Å². The summed E-state index contributed by atoms with van der Waals surface area (Å²) in [5.74, 6) is 5.11. The van der Waals surface area contributed by atoms with E-state index in [2.05, 4.69) is 27.9 Å². The minimum atomic E-state index is 1.02. The summed E-state index contributed by atoms with van der Waals surface area (Å²) in [6.45, 7) is 0. The van der Waals surface area contributed by atoms with Gasteiger partial charge in [-0.3, -0.25) is 0 Å². The number of benzene rings is 1. The molecule has 2 N–H and O–H groups in total. The molecule has 0 unspecified atom stereocenters. The molecule has 13 heavy (non-hydrogen) atoms. The Bertz CT molecular complexity index is 454. The van der Waals surface area contributed by atoms with Crippen LogP contribution in [0.15, 0.2) is 35.4 Å². The Hall–Kier alpha value is -1.77. The minimum Gasteiger partial charge on any atom is -0.343 e. The van der Waals surface area contributed by atoms with Crippen LogP contribution in [-0.2, 0) is 7.05 Å². The Morgan fingerprint density at radius 3 is 2.85 bits per heavy atom. The van der Waals surface area contributed by atoms with Crippen LogP contribution in [0.2, 0.25) is 0 Å². The van der Waals surface area contributed by atoms with Crippen molar-refractivity contribution < 1.29 is 0 Å². The maximum Gasteiger partial charge on any atom is 0.0702 e. The summed E-state index contributed by atoms with van der Waals surface area (Å²) in [7, 11) is 2.00. The number of rotatable bonds is 1. The van der Waals surface area contributed by atoms with E-state index in [-0.39, 0.29) is 0 Å². The Labute approximate surface area is 76.5 Å². The molecule has 0 spiro atoms. The molecule has 1 aromatic carbocycles. The molecule has 0 radical (unpaired) electrons. The van der Waals surface area contributed by atoms with Crippen molar-refractivity contribution in [2.45, 2.75) is 0 Å². The van der Waals surface area contributed by atoms with Gasteiger partial charge in [-0.15, -0.1) is 0 Å². The molecule has 0 amide bonds. The molecule has 3 heteroatoms. The fourth-order valence-electron chi connectivity index (χ4n) is 1.51. The number of nitrogens with two attached hydrogens (primary N) is 1. The molecule has 0 fully saturated rings. The van der Waals surface area contributed by atoms with Crippen molar-refractivity contribution in [2.75, 3.05) is 0 Å². The van der Waals surface area contributed by atoms with Crippen LogP contribution in [-0.4, -0.2) is 10.8 Å². The van der Waals surface area contributed by atoms with Crippen molar-refractivity contribution in [2.24, 2.45) is 18.0 Å². The molecule has 0 saturated carbocycles. The largest absolute Gasteiger partial charge is 0.343 e. The van der Waals surface area contributed by atoms with E-state index in [0.717, 1.165) is 5.69 Å². The van der Waals surface area contributed by atoms with Crippen molar-refractivity contribution in [1.82, 2.24) is 4.57 Å². The highest BCUT2D eigenvalue weighted by atomic mass is 15.1. The van der Waals surface area contributed by atoms with Crippen molar-refractivity contribution >= 4 is 17.1 Å². The molecular formula is C10H11N3. The van der Waals surface area contributed by atoms with E-state index in [9.17, 15) is 0 Å². The average molecular weight is 173 g/mol. The van der Waals surface area contributed by atoms with Gasteiger partial charge in [-0.05, 0) is 12.1 Å². The lowest BCUT2D eigenvalue weighted by Gasteiger charge is -1.97. The number of hydrogen-bond donors (Lipinski definition) is 1. The topological polar surface area (TPSA) is 43.3 Å². The molecule has 0 aliphatic rings. The van der Waals surface area contributed by atoms with Crippen molar-refractivity contribution in [3.63, 3.8) is 0 Å². The molecule has 0 saturated heterocycles. The number of para-hydroxylation sites is 1. The lowest BCUT2D eigenvalue weighted by Crippen LogP contribution is -1.95. The zero-order valence-corrected chi connectivity index (χ0v) is 7.44. The number of aromatic nitrogens is 1. The van der Waals surface area contributed by atoms with Crippen molar-refractivity contribution in [3.05, 3.63) is 36.0 Å². The van der Waals surface area contributed by atoms with E-state index in [1.807, 2.05) is 19.2 Å². The minimum absolute atomic E-state index is 1.02. The lowest BCUT2D eigenvalue weighted by atomic mass is 10.2. The first-order valence-corrected chi connectivity index (χ1v) is 4.10. The van der Waals surface area contributed by atoms with Gasteiger partial charge in [-0.2, -0.15) is 5.10 Å². The summed E-state index contributed by atoms with van der Waals surface area (Å²) >= 11 is 0. The lowest BCUT2D eigenvalue weighted by molar-refractivity contribution is 0.957. The molecule has 0 bridgehead atoms. The standard InChI is InChI=1S/C10H11N3/c1-13-9(7-12-11)6-8-4-2-3-5-10(8)13/h2-7H,11H2,1H3/b12-7-. The summed E-state index contributed by atoms with van der Waals surface area (Å²) in [5, 5.41) is 4.72. The SMILES string of the molecule is Cn1c(/C=N\N)cc2ccccc21. The van der Waals surface area contributed by atoms with E-state index in [0.29, 0.717) is 0 Å². The molecule has 0 atom stereocenters. The Balaban J connectivity index is 2.73. The van der Waals surface area contributed by atoms with Gasteiger partial charge in [0, 0.05) is 18.0 Å². The fraction of sp³-hybridized carbons (Fsp3) is 0.100. The van der Waals surface area contributed by atoms with Crippen LogP contribution >= 0.6 is 0 Å². The van der Waals surface area contributed by atoms with Gasteiger partial charge in [0.1, 0.15) is 0 Å². The molecule has 66 valence electrons. The van der Waals surface area contributed by atoms with Gasteiger partial charge in [-0.25, -0.2) is 0 Å². The summed E-state index contributed by atoms with van der Waals surface area (Å²) in [6, 6.07) is 10.2. The van der Waals surface area contributed by atoms with Crippen molar-refractivity contribution in [3.8, 4) is 0 Å². The van der Waals surface area contributed by atoms with Gasteiger partial charge in [0.05, 0.1) is 11.9 Å². The number of aryl methyl sites for hydroxylation is 1. The van der Waals surface area contributed by atoms with Gasteiger partial charge in [-0.1, -0.05) is 18.2 Å². The summed E-state index contributed by atoms with van der Waals surface area (Å²) < 4.78 is 2.06. The van der Waals surface area contributed by atoms with Gasteiger partial charge >= 0.3 is 0 Å². The van der Waals surface area contributed by atoms with Crippen LogP contribution in [0.3, 0.4) is 0 Å². The van der Waals surface area contributed by atoms with Crippen LogP contribution in [0.1, 0.15) is 5.69 Å². The van der Waals surface area contributed by atoms with Gasteiger partial charge < -0.3 is 10.4 Å². The molecule has 2 aromatic rings. The first-order chi connectivity index (χ1) is 6.33. The number of hydrogen-bond acceptors (Lipinski definition) is 2. The predicted octanol–water partition coefficient (Wildman–Crippen LogP) is 1.47. The number of fused-ring (bicyclic) bond motifs is 1. The van der Waals surface area contributed by atoms with Gasteiger partial charge in [0.2, 0.25) is 0 Å². The van der Waals surface area contributed by atoms with Crippen LogP contribution < -0.4 is 5.84 Å². The maximum absolute atomic E-state index is 5.11. The number of nitrogens with zero attached hydrogens (tertiary/aromatic N) is 2. The quantitative estimate of drug-likeness (QED) is 0.396. The third-order valence-corrected chi connectivity index (χ3v) is 2.20. The Kier molecular flexibility index (Phi) is 1.77. The second-order valence-electron chi connectivity index (χ2n) is 2.97.